The molecule has 0 saturated carbocycles. The van der Waals surface area contributed by atoms with Crippen LogP contribution in [0.15, 0.2) is 60.7 Å². The number of hydrogen-bond donors (Lipinski definition) is 2. The summed E-state index contributed by atoms with van der Waals surface area (Å²) in [5.74, 6) is -2.87. The molecule has 0 unspecified atom stereocenters. The molecule has 7 nitrogen and oxygen atoms in total. The first kappa shape index (κ1) is 26.2. The summed E-state index contributed by atoms with van der Waals surface area (Å²) >= 11 is 6.27. The standard InChI is InChI=1S/C27H24ClF2N3O4/c1-37-18-10-15(9-16(12-18)26(31)35)11-24(34)33(27(36)22-13-17(29)14-32-22)23-8-4-6-20(25(23)30)19-5-2-3-7-21(19)28/h2-10,12,17,22,32H,11,13-14H2,1H3,(H2,31,35)/t17-,22+/m1/s1. The van der Waals surface area contributed by atoms with Gasteiger partial charge in [0.15, 0.2) is 5.82 Å². The lowest BCUT2D eigenvalue weighted by Crippen LogP contribution is -2.48. The molecular formula is C27H24ClF2N3O4. The van der Waals surface area contributed by atoms with Gasteiger partial charge in [-0.3, -0.25) is 14.4 Å². The number of carbonyl (C=O) groups excluding carboxylic acids is 3. The molecular weight excluding hydrogens is 504 g/mol. The molecule has 10 heteroatoms. The van der Waals surface area contributed by atoms with E-state index in [-0.39, 0.29) is 47.0 Å². The van der Waals surface area contributed by atoms with Crippen LogP contribution in [-0.4, -0.2) is 43.6 Å². The number of methoxy groups -OCH3 is 1. The Bertz CT molecular complexity index is 1370. The van der Waals surface area contributed by atoms with E-state index < -0.39 is 35.8 Å². The number of primary amides is 1. The normalized spacial score (nSPS) is 16.9. The molecule has 192 valence electrons. The first-order chi connectivity index (χ1) is 17.7. The second-order valence-corrected chi connectivity index (χ2v) is 9.00. The number of benzene rings is 3. The van der Waals surface area contributed by atoms with E-state index in [9.17, 15) is 18.8 Å². The summed E-state index contributed by atoms with van der Waals surface area (Å²) in [6.45, 7) is -0.0571. The molecule has 3 aromatic carbocycles. The van der Waals surface area contributed by atoms with E-state index in [2.05, 4.69) is 5.32 Å². The van der Waals surface area contributed by atoms with Crippen LogP contribution in [-0.2, 0) is 16.0 Å². The maximum Gasteiger partial charge on any atom is 0.251 e. The number of nitrogens with two attached hydrogens (primary N) is 1. The number of carbonyl (C=O) groups is 3. The first-order valence-corrected chi connectivity index (χ1v) is 11.8. The number of nitrogens with one attached hydrogen (secondary N) is 1. The Morgan fingerprint density at radius 3 is 2.49 bits per heavy atom. The monoisotopic (exact) mass is 527 g/mol. The van der Waals surface area contributed by atoms with Gasteiger partial charge in [-0.2, -0.15) is 0 Å². The van der Waals surface area contributed by atoms with Crippen LogP contribution in [0, 0.1) is 5.82 Å². The number of imide groups is 1. The molecule has 0 radical (unpaired) electrons. The third kappa shape index (κ3) is 5.63. The van der Waals surface area contributed by atoms with Gasteiger partial charge in [-0.05, 0) is 35.9 Å². The molecule has 0 bridgehead atoms. The van der Waals surface area contributed by atoms with Crippen LogP contribution in [0.5, 0.6) is 5.75 Å². The molecule has 0 spiro atoms. The maximum absolute atomic E-state index is 15.9. The number of nitrogens with zero attached hydrogens (tertiary/aromatic N) is 1. The Hall–Kier alpha value is -3.82. The van der Waals surface area contributed by atoms with Gasteiger partial charge in [0.2, 0.25) is 11.8 Å². The van der Waals surface area contributed by atoms with Crippen LogP contribution in [0.25, 0.3) is 11.1 Å². The van der Waals surface area contributed by atoms with Gasteiger partial charge in [-0.25, -0.2) is 13.7 Å². The molecule has 1 aliphatic heterocycles. The second kappa shape index (κ2) is 11.1. The predicted octanol–water partition coefficient (Wildman–Crippen LogP) is 4.06. The Morgan fingerprint density at radius 1 is 1.11 bits per heavy atom. The Morgan fingerprint density at radius 2 is 1.84 bits per heavy atom. The third-order valence-electron chi connectivity index (χ3n) is 6.07. The average Bonchev–Trinajstić information content (AvgIpc) is 3.31. The van der Waals surface area contributed by atoms with E-state index in [1.54, 1.807) is 24.3 Å². The van der Waals surface area contributed by atoms with Crippen molar-refractivity contribution in [3.05, 3.63) is 82.6 Å². The molecule has 1 fully saturated rings. The van der Waals surface area contributed by atoms with Gasteiger partial charge in [0.1, 0.15) is 11.9 Å². The van der Waals surface area contributed by atoms with Crippen LogP contribution >= 0.6 is 11.6 Å². The Kier molecular flexibility index (Phi) is 7.85. The van der Waals surface area contributed by atoms with Crippen molar-refractivity contribution >= 4 is 35.0 Å². The summed E-state index contributed by atoms with van der Waals surface area (Å²) in [7, 11) is 1.39. The Labute approximate surface area is 217 Å². The van der Waals surface area contributed by atoms with Crippen molar-refractivity contribution in [1.29, 1.82) is 0 Å². The van der Waals surface area contributed by atoms with Crippen molar-refractivity contribution in [2.75, 3.05) is 18.6 Å². The number of alkyl halides is 1. The van der Waals surface area contributed by atoms with Gasteiger partial charge < -0.3 is 15.8 Å². The lowest BCUT2D eigenvalue weighted by molar-refractivity contribution is -0.127. The van der Waals surface area contributed by atoms with Gasteiger partial charge in [0.25, 0.3) is 5.91 Å². The molecule has 0 aliphatic carbocycles. The van der Waals surface area contributed by atoms with Gasteiger partial charge in [0.05, 0.1) is 25.3 Å². The van der Waals surface area contributed by atoms with Crippen LogP contribution in [0.3, 0.4) is 0 Å². The fourth-order valence-electron chi connectivity index (χ4n) is 4.27. The average molecular weight is 528 g/mol. The summed E-state index contributed by atoms with van der Waals surface area (Å²) in [4.78, 5) is 39.5. The van der Waals surface area contributed by atoms with Gasteiger partial charge in [-0.1, -0.05) is 41.9 Å². The van der Waals surface area contributed by atoms with Crippen LogP contribution in [0.4, 0.5) is 14.5 Å². The van der Waals surface area contributed by atoms with Crippen molar-refractivity contribution in [1.82, 2.24) is 5.32 Å². The van der Waals surface area contributed by atoms with Gasteiger partial charge in [0, 0.05) is 34.7 Å². The largest absolute Gasteiger partial charge is 0.497 e. The van der Waals surface area contributed by atoms with Crippen LogP contribution in [0.1, 0.15) is 22.3 Å². The van der Waals surface area contributed by atoms with Crippen LogP contribution in [0.2, 0.25) is 5.02 Å². The number of hydrogen-bond acceptors (Lipinski definition) is 5. The molecule has 1 aliphatic rings. The molecule has 1 saturated heterocycles. The van der Waals surface area contributed by atoms with E-state index in [1.165, 1.54) is 43.5 Å². The third-order valence-corrected chi connectivity index (χ3v) is 6.40. The summed E-state index contributed by atoms with van der Waals surface area (Å²) in [6, 6.07) is 14.2. The number of amides is 3. The topological polar surface area (TPSA) is 102 Å². The van der Waals surface area contributed by atoms with Crippen molar-refractivity contribution in [3.8, 4) is 16.9 Å². The van der Waals surface area contributed by atoms with E-state index in [0.717, 1.165) is 4.90 Å². The zero-order valence-corrected chi connectivity index (χ0v) is 20.6. The number of halogens is 3. The second-order valence-electron chi connectivity index (χ2n) is 8.59. The molecule has 4 rings (SSSR count). The van der Waals surface area contributed by atoms with Gasteiger partial charge >= 0.3 is 0 Å². The maximum atomic E-state index is 15.9. The van der Waals surface area contributed by atoms with E-state index >= 15 is 4.39 Å². The summed E-state index contributed by atoms with van der Waals surface area (Å²) in [5.41, 5.74) is 5.98. The molecule has 2 atom stereocenters. The quantitative estimate of drug-likeness (QED) is 0.482. The predicted molar refractivity (Wildman–Crippen MR) is 136 cm³/mol. The number of ether oxygens (including phenoxy) is 1. The van der Waals surface area contributed by atoms with Gasteiger partial charge in [-0.15, -0.1) is 0 Å². The summed E-state index contributed by atoms with van der Waals surface area (Å²) < 4.78 is 35.0. The zero-order chi connectivity index (χ0) is 26.7. The molecule has 0 aromatic heterocycles. The van der Waals surface area contributed by atoms with E-state index in [4.69, 9.17) is 22.1 Å². The lowest BCUT2D eigenvalue weighted by atomic mass is 10.0. The Balaban J connectivity index is 1.77. The zero-order valence-electron chi connectivity index (χ0n) is 19.8. The highest BCUT2D eigenvalue weighted by Crippen LogP contribution is 2.35. The molecule has 3 amide bonds. The summed E-state index contributed by atoms with van der Waals surface area (Å²) in [5, 5.41) is 3.04. The fourth-order valence-corrected chi connectivity index (χ4v) is 4.51. The SMILES string of the molecule is COc1cc(CC(=O)N(C(=O)[C@@H]2C[C@@H](F)CN2)c2cccc(-c3ccccc3Cl)c2F)cc(C(N)=O)c1. The molecule has 1 heterocycles. The van der Waals surface area contributed by atoms with Crippen molar-refractivity contribution in [2.24, 2.45) is 5.73 Å². The smallest absolute Gasteiger partial charge is 0.251 e. The molecule has 3 aromatic rings. The molecule has 3 N–H and O–H groups in total. The van der Waals surface area contributed by atoms with E-state index in [0.29, 0.717) is 11.1 Å². The van der Waals surface area contributed by atoms with Crippen molar-refractivity contribution < 1.29 is 27.9 Å². The van der Waals surface area contributed by atoms with Crippen molar-refractivity contribution in [3.63, 3.8) is 0 Å². The lowest BCUT2D eigenvalue weighted by Gasteiger charge is -2.25. The minimum Gasteiger partial charge on any atom is -0.497 e. The van der Waals surface area contributed by atoms with Crippen LogP contribution < -0.4 is 20.7 Å². The first-order valence-electron chi connectivity index (χ1n) is 11.4. The number of rotatable bonds is 7. The molecule has 37 heavy (non-hydrogen) atoms. The highest BCUT2D eigenvalue weighted by molar-refractivity contribution is 6.33. The minimum atomic E-state index is -1.28. The summed E-state index contributed by atoms with van der Waals surface area (Å²) in [6.07, 6.45) is -1.81. The number of anilines is 1. The fraction of sp³-hybridized carbons (Fsp3) is 0.222. The highest BCUT2D eigenvalue weighted by Gasteiger charge is 2.37. The minimum absolute atomic E-state index is 0.0571. The van der Waals surface area contributed by atoms with E-state index in [1.807, 2.05) is 0 Å². The highest BCUT2D eigenvalue weighted by atomic mass is 35.5. The van der Waals surface area contributed by atoms with Crippen molar-refractivity contribution in [2.45, 2.75) is 25.1 Å².